The molecule has 2 heterocycles. The minimum atomic E-state index is 0.0633. The molecule has 0 aliphatic carbocycles. The number of carbonyl (C=O) groups excluding carboxylic acids is 1. The van der Waals surface area contributed by atoms with Crippen LogP contribution in [0.5, 0.6) is 0 Å². The zero-order valence-electron chi connectivity index (χ0n) is 11.1. The molecule has 0 bridgehead atoms. The van der Waals surface area contributed by atoms with E-state index >= 15 is 0 Å². The molecular formula is C15H18N3O+. The van der Waals surface area contributed by atoms with Gasteiger partial charge in [-0.2, -0.15) is 4.57 Å². The van der Waals surface area contributed by atoms with Crippen LogP contribution < -0.4 is 4.57 Å². The Morgan fingerprint density at radius 1 is 1.16 bits per heavy atom. The normalized spacial score (nSPS) is 14.9. The van der Waals surface area contributed by atoms with Crippen molar-refractivity contribution in [2.45, 2.75) is 12.8 Å². The third-order valence-corrected chi connectivity index (χ3v) is 3.68. The van der Waals surface area contributed by atoms with Crippen LogP contribution in [0.2, 0.25) is 0 Å². The van der Waals surface area contributed by atoms with Gasteiger partial charge in [-0.1, -0.05) is 24.3 Å². The number of amides is 1. The average Bonchev–Trinajstić information content (AvgIpc) is 2.74. The Labute approximate surface area is 112 Å². The lowest BCUT2D eigenvalue weighted by molar-refractivity contribution is -0.670. The molecule has 1 amide bonds. The van der Waals surface area contributed by atoms with Gasteiger partial charge < -0.3 is 4.90 Å². The van der Waals surface area contributed by atoms with Crippen molar-refractivity contribution in [2.75, 3.05) is 13.1 Å². The number of fused-ring (bicyclic) bond motifs is 1. The Balaban J connectivity index is 1.77. The van der Waals surface area contributed by atoms with Crippen molar-refractivity contribution in [2.24, 2.45) is 7.05 Å². The zero-order chi connectivity index (χ0) is 13.2. The minimum absolute atomic E-state index is 0.0633. The van der Waals surface area contributed by atoms with Crippen molar-refractivity contribution in [1.82, 2.24) is 9.47 Å². The lowest BCUT2D eigenvalue weighted by Crippen LogP contribution is -2.37. The van der Waals surface area contributed by atoms with E-state index in [-0.39, 0.29) is 6.03 Å². The third kappa shape index (κ3) is 2.38. The number of carbonyl (C=O) groups is 1. The van der Waals surface area contributed by atoms with Crippen molar-refractivity contribution in [3.63, 3.8) is 0 Å². The number of benzene rings is 1. The molecule has 0 unspecified atom stereocenters. The number of imidazole rings is 1. The largest absolute Gasteiger partial charge is 0.415 e. The number of rotatable bonds is 0. The van der Waals surface area contributed by atoms with Crippen LogP contribution in [0.15, 0.2) is 43.0 Å². The van der Waals surface area contributed by atoms with Gasteiger partial charge in [0.05, 0.1) is 7.05 Å². The Bertz CT molecular complexity index is 576. The SMILES string of the molecule is C[n+]1ccn(C(=O)N2CCc3ccccc3CC2)c1. The first-order chi connectivity index (χ1) is 9.24. The van der Waals surface area contributed by atoms with Crippen molar-refractivity contribution in [3.8, 4) is 0 Å². The summed E-state index contributed by atoms with van der Waals surface area (Å²) in [6, 6.07) is 8.54. The molecule has 0 N–H and O–H groups in total. The number of hydrogen-bond donors (Lipinski definition) is 0. The standard InChI is InChI=1S/C15H18N3O/c1-16-10-11-18(12-16)15(19)17-8-6-13-4-2-3-5-14(13)7-9-17/h2-5,10-12H,6-9H2,1H3/q+1. The Hall–Kier alpha value is -2.10. The molecule has 1 aromatic heterocycles. The molecule has 4 heteroatoms. The maximum Gasteiger partial charge on any atom is 0.415 e. The highest BCUT2D eigenvalue weighted by Gasteiger charge is 2.23. The summed E-state index contributed by atoms with van der Waals surface area (Å²) >= 11 is 0. The van der Waals surface area contributed by atoms with Crippen molar-refractivity contribution in [1.29, 1.82) is 0 Å². The highest BCUT2D eigenvalue weighted by atomic mass is 16.2. The highest BCUT2D eigenvalue weighted by molar-refractivity contribution is 5.76. The van der Waals surface area contributed by atoms with Crippen LogP contribution in [0.25, 0.3) is 0 Å². The van der Waals surface area contributed by atoms with Crippen molar-refractivity contribution >= 4 is 6.03 Å². The fraction of sp³-hybridized carbons (Fsp3) is 0.333. The Morgan fingerprint density at radius 2 is 1.79 bits per heavy atom. The summed E-state index contributed by atoms with van der Waals surface area (Å²) in [5.41, 5.74) is 2.74. The van der Waals surface area contributed by atoms with Crippen LogP contribution >= 0.6 is 0 Å². The molecule has 0 spiro atoms. The molecule has 0 radical (unpaired) electrons. The fourth-order valence-corrected chi connectivity index (χ4v) is 2.59. The topological polar surface area (TPSA) is 29.1 Å². The van der Waals surface area contributed by atoms with E-state index in [1.54, 1.807) is 17.1 Å². The van der Waals surface area contributed by atoms with E-state index in [0.717, 1.165) is 25.9 Å². The number of aryl methyl sites for hydroxylation is 1. The second kappa shape index (κ2) is 4.88. The number of hydrogen-bond acceptors (Lipinski definition) is 1. The van der Waals surface area contributed by atoms with E-state index in [1.807, 2.05) is 22.7 Å². The summed E-state index contributed by atoms with van der Waals surface area (Å²) in [4.78, 5) is 14.3. The quantitative estimate of drug-likeness (QED) is 0.655. The summed E-state index contributed by atoms with van der Waals surface area (Å²) in [6.07, 6.45) is 7.37. The molecule has 4 nitrogen and oxygen atoms in total. The van der Waals surface area contributed by atoms with Gasteiger partial charge in [0.25, 0.3) is 6.33 Å². The first-order valence-electron chi connectivity index (χ1n) is 6.63. The maximum absolute atomic E-state index is 12.4. The number of aromatic nitrogens is 2. The summed E-state index contributed by atoms with van der Waals surface area (Å²) in [6.45, 7) is 1.58. The zero-order valence-corrected chi connectivity index (χ0v) is 11.1. The first kappa shape index (κ1) is 12.0. The molecule has 1 aromatic carbocycles. The summed E-state index contributed by atoms with van der Waals surface area (Å²) in [5.74, 6) is 0. The Morgan fingerprint density at radius 3 is 2.32 bits per heavy atom. The van der Waals surface area contributed by atoms with Gasteiger partial charge in [-0.25, -0.2) is 9.36 Å². The van der Waals surface area contributed by atoms with Gasteiger partial charge in [-0.05, 0) is 24.0 Å². The van der Waals surface area contributed by atoms with Crippen LogP contribution in [-0.2, 0) is 19.9 Å². The lowest BCUT2D eigenvalue weighted by Gasteiger charge is -2.16. The maximum atomic E-state index is 12.4. The molecule has 2 aromatic rings. The van der Waals surface area contributed by atoms with E-state index in [4.69, 9.17) is 0 Å². The van der Waals surface area contributed by atoms with Gasteiger partial charge in [0.2, 0.25) is 0 Å². The van der Waals surface area contributed by atoms with E-state index in [9.17, 15) is 4.79 Å². The smallest absolute Gasteiger partial charge is 0.304 e. The van der Waals surface area contributed by atoms with E-state index < -0.39 is 0 Å². The molecule has 0 fully saturated rings. The van der Waals surface area contributed by atoms with Gasteiger partial charge in [0.15, 0.2) is 0 Å². The molecule has 3 rings (SSSR count). The molecule has 98 valence electrons. The van der Waals surface area contributed by atoms with Gasteiger partial charge in [0, 0.05) is 13.1 Å². The van der Waals surface area contributed by atoms with Gasteiger partial charge in [-0.15, -0.1) is 0 Å². The highest BCUT2D eigenvalue weighted by Crippen LogP contribution is 2.15. The second-order valence-corrected chi connectivity index (χ2v) is 5.02. The van der Waals surface area contributed by atoms with Crippen LogP contribution in [0.1, 0.15) is 11.1 Å². The molecule has 19 heavy (non-hydrogen) atoms. The molecule has 0 saturated carbocycles. The number of nitrogens with zero attached hydrogens (tertiary/aromatic N) is 3. The van der Waals surface area contributed by atoms with E-state index in [1.165, 1.54) is 11.1 Å². The van der Waals surface area contributed by atoms with Crippen molar-refractivity contribution < 1.29 is 9.36 Å². The predicted molar refractivity (Wildman–Crippen MR) is 71.8 cm³/mol. The van der Waals surface area contributed by atoms with Crippen molar-refractivity contribution in [3.05, 3.63) is 54.1 Å². The molecule has 1 aliphatic rings. The first-order valence-corrected chi connectivity index (χ1v) is 6.63. The van der Waals surface area contributed by atoms with E-state index in [2.05, 4.69) is 24.3 Å². The minimum Gasteiger partial charge on any atom is -0.304 e. The van der Waals surface area contributed by atoms with Gasteiger partial charge >= 0.3 is 6.03 Å². The lowest BCUT2D eigenvalue weighted by atomic mass is 10.0. The molecule has 1 aliphatic heterocycles. The van der Waals surface area contributed by atoms with Crippen LogP contribution in [0.4, 0.5) is 4.79 Å². The Kier molecular flexibility index (Phi) is 3.07. The predicted octanol–water partition coefficient (Wildman–Crippen LogP) is 1.38. The molecule has 0 saturated heterocycles. The second-order valence-electron chi connectivity index (χ2n) is 5.02. The average molecular weight is 256 g/mol. The van der Waals surface area contributed by atoms with Gasteiger partial charge in [-0.3, -0.25) is 0 Å². The van der Waals surface area contributed by atoms with Gasteiger partial charge in [0.1, 0.15) is 12.4 Å². The van der Waals surface area contributed by atoms with Crippen LogP contribution in [0.3, 0.4) is 0 Å². The summed E-state index contributed by atoms with van der Waals surface area (Å²) in [7, 11) is 1.92. The third-order valence-electron chi connectivity index (χ3n) is 3.68. The van der Waals surface area contributed by atoms with E-state index in [0.29, 0.717) is 0 Å². The van der Waals surface area contributed by atoms with Crippen LogP contribution in [-0.4, -0.2) is 28.6 Å². The fourth-order valence-electron chi connectivity index (χ4n) is 2.59. The molecular weight excluding hydrogens is 238 g/mol. The summed E-state index contributed by atoms with van der Waals surface area (Å²) in [5, 5.41) is 0. The summed E-state index contributed by atoms with van der Waals surface area (Å²) < 4.78 is 3.53. The monoisotopic (exact) mass is 256 g/mol. The molecule has 0 atom stereocenters. The van der Waals surface area contributed by atoms with Crippen LogP contribution in [0, 0.1) is 0 Å².